The number of nitrogens with zero attached hydrogens (tertiary/aromatic N) is 1. The van der Waals surface area contributed by atoms with Gasteiger partial charge < -0.3 is 14.9 Å². The molecular weight excluding hydrogens is 364 g/mol. The number of rotatable bonds is 6. The van der Waals surface area contributed by atoms with E-state index in [1.165, 1.54) is 6.92 Å². The number of carbonyl (C=O) groups is 1. The summed E-state index contributed by atoms with van der Waals surface area (Å²) in [6.45, 7) is 1.52. The Kier molecular flexibility index (Phi) is 6.08. The highest BCUT2D eigenvalue weighted by atomic mass is 32.2. The zero-order chi connectivity index (χ0) is 19.4. The number of hydrogen-bond donors (Lipinski definition) is 4. The maximum atomic E-state index is 12.3. The molecule has 3 rings (SSSR count). The molecular formula is C19H22N4O3S. The summed E-state index contributed by atoms with van der Waals surface area (Å²) in [4.78, 5) is 12.3. The topological polar surface area (TPSA) is 123 Å². The lowest BCUT2D eigenvalue weighted by Gasteiger charge is -2.35. The minimum Gasteiger partial charge on any atom is -0.387 e. The fourth-order valence-electron chi connectivity index (χ4n) is 2.93. The number of aliphatic hydroxyl groups is 1. The molecule has 1 aliphatic rings. The van der Waals surface area contributed by atoms with Crippen LogP contribution in [0.1, 0.15) is 36.7 Å². The molecule has 2 aromatic rings. The number of carbonyl (C=O) groups excluding carboxylic acids is 1. The summed E-state index contributed by atoms with van der Waals surface area (Å²) in [6, 6.07) is 11.2. The largest absolute Gasteiger partial charge is 0.387 e. The molecule has 0 bridgehead atoms. The van der Waals surface area contributed by atoms with E-state index in [1.54, 1.807) is 6.07 Å². The molecule has 0 spiro atoms. The first-order chi connectivity index (χ1) is 12.9. The van der Waals surface area contributed by atoms with Crippen molar-refractivity contribution in [1.82, 2.24) is 10.5 Å². The second-order valence-electron chi connectivity index (χ2n) is 6.72. The molecule has 0 unspecified atom stereocenters. The Morgan fingerprint density at radius 3 is 2.74 bits per heavy atom. The summed E-state index contributed by atoms with van der Waals surface area (Å²) in [7, 11) is 0. The van der Waals surface area contributed by atoms with Gasteiger partial charge in [0.1, 0.15) is 5.69 Å². The quantitative estimate of drug-likeness (QED) is 0.448. The van der Waals surface area contributed by atoms with Crippen LogP contribution in [0.2, 0.25) is 0 Å². The zero-order valence-corrected chi connectivity index (χ0v) is 15.8. The first-order valence-electron chi connectivity index (χ1n) is 8.77. The van der Waals surface area contributed by atoms with Crippen LogP contribution in [0, 0.1) is 16.7 Å². The van der Waals surface area contributed by atoms with Crippen LogP contribution >= 0.6 is 11.8 Å². The highest BCUT2D eigenvalue weighted by Gasteiger charge is 2.32. The molecule has 1 saturated carbocycles. The highest BCUT2D eigenvalue weighted by molar-refractivity contribution is 8.26. The van der Waals surface area contributed by atoms with Gasteiger partial charge in [0, 0.05) is 17.7 Å². The maximum absolute atomic E-state index is 12.3. The standard InChI is InChI=1S/C19H22N4O3S/c1-11(24)18(21)27-17(20)9-12-7-14(8-12)22-19(25)16-10-15(23-26-16)13-5-3-2-4-6-13/h2-6,10-12,14,20-21,24H,7-9H2,1H3,(H,22,25)/t11-,12?,14?/m1/s1. The van der Waals surface area contributed by atoms with Crippen LogP contribution in [0.25, 0.3) is 11.3 Å². The van der Waals surface area contributed by atoms with Gasteiger partial charge in [0.2, 0.25) is 5.76 Å². The summed E-state index contributed by atoms with van der Waals surface area (Å²) in [5, 5.41) is 32.1. The van der Waals surface area contributed by atoms with Crippen molar-refractivity contribution in [2.45, 2.75) is 38.3 Å². The molecule has 27 heavy (non-hydrogen) atoms. The lowest BCUT2D eigenvalue weighted by atomic mass is 9.78. The van der Waals surface area contributed by atoms with Crippen LogP contribution in [0.5, 0.6) is 0 Å². The Morgan fingerprint density at radius 2 is 2.07 bits per heavy atom. The third-order valence-corrected chi connectivity index (χ3v) is 5.44. The second-order valence-corrected chi connectivity index (χ2v) is 7.86. The van der Waals surface area contributed by atoms with Crippen molar-refractivity contribution in [1.29, 1.82) is 10.8 Å². The molecule has 7 nitrogen and oxygen atoms in total. The third-order valence-electron chi connectivity index (χ3n) is 4.46. The van der Waals surface area contributed by atoms with E-state index in [4.69, 9.17) is 15.3 Å². The Bertz CT molecular complexity index is 828. The molecule has 1 heterocycles. The minimum absolute atomic E-state index is 0.0572. The molecule has 1 atom stereocenters. The Hall–Kier alpha value is -2.45. The fourth-order valence-corrected chi connectivity index (χ4v) is 3.68. The van der Waals surface area contributed by atoms with Gasteiger partial charge in [-0.2, -0.15) is 0 Å². The van der Waals surface area contributed by atoms with Gasteiger partial charge in [-0.3, -0.25) is 15.6 Å². The van der Waals surface area contributed by atoms with Crippen LogP contribution in [0.3, 0.4) is 0 Å². The van der Waals surface area contributed by atoms with Crippen LogP contribution in [0.4, 0.5) is 0 Å². The number of aromatic nitrogens is 1. The predicted molar refractivity (Wildman–Crippen MR) is 105 cm³/mol. The summed E-state index contributed by atoms with van der Waals surface area (Å²) in [5.74, 6) is 0.214. The second kappa shape index (κ2) is 8.49. The average Bonchev–Trinajstić information content (AvgIpc) is 3.10. The summed E-state index contributed by atoms with van der Waals surface area (Å²) in [6.07, 6.45) is 1.30. The van der Waals surface area contributed by atoms with E-state index in [0.29, 0.717) is 23.1 Å². The molecule has 8 heteroatoms. The van der Waals surface area contributed by atoms with E-state index < -0.39 is 6.10 Å². The molecule has 0 radical (unpaired) electrons. The molecule has 0 saturated heterocycles. The molecule has 0 aliphatic heterocycles. The molecule has 1 aromatic carbocycles. The van der Waals surface area contributed by atoms with Crippen molar-refractivity contribution in [2.75, 3.05) is 0 Å². The molecule has 1 fully saturated rings. The van der Waals surface area contributed by atoms with Gasteiger partial charge in [-0.25, -0.2) is 0 Å². The number of aliphatic hydroxyl groups excluding tert-OH is 1. The van der Waals surface area contributed by atoms with Crippen LogP contribution in [0.15, 0.2) is 40.9 Å². The van der Waals surface area contributed by atoms with Crippen molar-refractivity contribution in [3.63, 3.8) is 0 Å². The molecule has 4 N–H and O–H groups in total. The van der Waals surface area contributed by atoms with Gasteiger partial charge >= 0.3 is 0 Å². The van der Waals surface area contributed by atoms with Gasteiger partial charge in [-0.1, -0.05) is 47.3 Å². The lowest BCUT2D eigenvalue weighted by molar-refractivity contribution is 0.0855. The smallest absolute Gasteiger partial charge is 0.290 e. The number of nitrogens with one attached hydrogen (secondary N) is 3. The van der Waals surface area contributed by atoms with Gasteiger partial charge in [0.15, 0.2) is 0 Å². The van der Waals surface area contributed by atoms with Crippen molar-refractivity contribution < 1.29 is 14.4 Å². The van der Waals surface area contributed by atoms with E-state index >= 15 is 0 Å². The van der Waals surface area contributed by atoms with Gasteiger partial charge in [-0.15, -0.1) is 0 Å². The molecule has 1 amide bonds. The van der Waals surface area contributed by atoms with E-state index in [1.807, 2.05) is 30.3 Å². The Balaban J connectivity index is 1.44. The van der Waals surface area contributed by atoms with Gasteiger partial charge in [0.25, 0.3) is 5.91 Å². The van der Waals surface area contributed by atoms with E-state index in [-0.39, 0.29) is 22.8 Å². The van der Waals surface area contributed by atoms with Crippen molar-refractivity contribution >= 4 is 27.8 Å². The van der Waals surface area contributed by atoms with Crippen LogP contribution in [-0.2, 0) is 0 Å². The van der Waals surface area contributed by atoms with Gasteiger partial charge in [-0.05, 0) is 32.1 Å². The number of thioether (sulfide) groups is 1. The Morgan fingerprint density at radius 1 is 1.37 bits per heavy atom. The highest BCUT2D eigenvalue weighted by Crippen LogP contribution is 2.32. The lowest BCUT2D eigenvalue weighted by Crippen LogP contribution is -2.44. The maximum Gasteiger partial charge on any atom is 0.290 e. The van der Waals surface area contributed by atoms with Gasteiger partial charge in [0.05, 0.1) is 16.2 Å². The normalized spacial score (nSPS) is 19.8. The molecule has 142 valence electrons. The Labute approximate surface area is 161 Å². The average molecular weight is 386 g/mol. The van der Waals surface area contributed by atoms with Crippen LogP contribution in [-0.4, -0.2) is 38.4 Å². The predicted octanol–water partition coefficient (Wildman–Crippen LogP) is 3.31. The van der Waals surface area contributed by atoms with E-state index in [0.717, 1.165) is 30.2 Å². The summed E-state index contributed by atoms with van der Waals surface area (Å²) >= 11 is 1.00. The molecule has 1 aromatic heterocycles. The van der Waals surface area contributed by atoms with Crippen molar-refractivity contribution in [3.8, 4) is 11.3 Å². The number of amides is 1. The minimum atomic E-state index is -0.841. The number of hydrogen-bond acceptors (Lipinski definition) is 7. The first kappa shape index (κ1) is 19.3. The van der Waals surface area contributed by atoms with Crippen molar-refractivity contribution in [2.24, 2.45) is 5.92 Å². The fraction of sp³-hybridized carbons (Fsp3) is 0.368. The SMILES string of the molecule is C[C@@H](O)C(=N)SC(=N)CC1CC(NC(=O)c2cc(-c3ccccc3)no2)C1. The first-order valence-corrected chi connectivity index (χ1v) is 9.58. The molecule has 1 aliphatic carbocycles. The summed E-state index contributed by atoms with van der Waals surface area (Å²) in [5.41, 5.74) is 1.51. The van der Waals surface area contributed by atoms with Crippen LogP contribution < -0.4 is 5.32 Å². The monoisotopic (exact) mass is 386 g/mol. The van der Waals surface area contributed by atoms with E-state index in [9.17, 15) is 9.90 Å². The van der Waals surface area contributed by atoms with E-state index in [2.05, 4.69) is 10.5 Å². The summed E-state index contributed by atoms with van der Waals surface area (Å²) < 4.78 is 5.16. The number of benzene rings is 1. The zero-order valence-electron chi connectivity index (χ0n) is 14.9. The van der Waals surface area contributed by atoms with Crippen molar-refractivity contribution in [3.05, 3.63) is 42.2 Å². The third kappa shape index (κ3) is 5.05.